The van der Waals surface area contributed by atoms with Crippen LogP contribution in [0.2, 0.25) is 0 Å². The van der Waals surface area contributed by atoms with Crippen molar-refractivity contribution in [2.45, 2.75) is 6.54 Å². The Hall–Kier alpha value is -2.02. The molecule has 0 aliphatic rings. The molecule has 0 bridgehead atoms. The number of rotatable bonds is 4. The number of benzene rings is 2. The Morgan fingerprint density at radius 3 is 2.60 bits per heavy atom. The van der Waals surface area contributed by atoms with E-state index in [0.29, 0.717) is 5.56 Å². The number of nitro benzene ring substituents is 1. The second-order valence-corrected chi connectivity index (χ2v) is 4.84. The van der Waals surface area contributed by atoms with Gasteiger partial charge in [-0.2, -0.15) is 0 Å². The van der Waals surface area contributed by atoms with Gasteiger partial charge in [-0.25, -0.2) is 8.78 Å². The summed E-state index contributed by atoms with van der Waals surface area (Å²) in [6.07, 6.45) is 0. The molecule has 0 fully saturated rings. The largest absolute Gasteiger partial charge is 0.378 e. The molecule has 1 N–H and O–H groups in total. The Bertz CT molecular complexity index is 665. The highest BCUT2D eigenvalue weighted by Crippen LogP contribution is 2.25. The fourth-order valence-electron chi connectivity index (χ4n) is 1.69. The van der Waals surface area contributed by atoms with Gasteiger partial charge >= 0.3 is 0 Å². The molecule has 0 aliphatic carbocycles. The van der Waals surface area contributed by atoms with Gasteiger partial charge in [0.1, 0.15) is 11.6 Å². The predicted octanol–water partition coefficient (Wildman–Crippen LogP) is 4.25. The number of para-hydroxylation sites is 1. The Morgan fingerprint density at radius 1 is 1.20 bits per heavy atom. The fourth-order valence-corrected chi connectivity index (χ4v) is 2.00. The Labute approximate surface area is 121 Å². The van der Waals surface area contributed by atoms with Crippen LogP contribution in [0.3, 0.4) is 0 Å². The van der Waals surface area contributed by atoms with Crippen molar-refractivity contribution in [1.29, 1.82) is 0 Å². The minimum absolute atomic E-state index is 0.0197. The van der Waals surface area contributed by atoms with E-state index in [2.05, 4.69) is 21.2 Å². The van der Waals surface area contributed by atoms with E-state index in [1.165, 1.54) is 6.07 Å². The molecule has 0 saturated heterocycles. The third-order valence-electron chi connectivity index (χ3n) is 2.67. The molecule has 2 aromatic carbocycles. The average Bonchev–Trinajstić information content (AvgIpc) is 2.41. The molecule has 7 heteroatoms. The van der Waals surface area contributed by atoms with Crippen LogP contribution in [0.15, 0.2) is 40.9 Å². The van der Waals surface area contributed by atoms with Crippen LogP contribution in [0, 0.1) is 21.7 Å². The van der Waals surface area contributed by atoms with Gasteiger partial charge in [0.15, 0.2) is 0 Å². The molecule has 0 unspecified atom stereocenters. The van der Waals surface area contributed by atoms with Crippen LogP contribution >= 0.6 is 15.9 Å². The van der Waals surface area contributed by atoms with Gasteiger partial charge in [-0.15, -0.1) is 0 Å². The first-order valence-corrected chi connectivity index (χ1v) is 6.39. The van der Waals surface area contributed by atoms with Gasteiger partial charge in [-0.05, 0) is 22.0 Å². The van der Waals surface area contributed by atoms with Crippen molar-refractivity contribution in [2.24, 2.45) is 0 Å². The van der Waals surface area contributed by atoms with E-state index in [4.69, 9.17) is 0 Å². The van der Waals surface area contributed by atoms with Crippen molar-refractivity contribution in [1.82, 2.24) is 0 Å². The Kier molecular flexibility index (Phi) is 4.29. The summed E-state index contributed by atoms with van der Waals surface area (Å²) in [4.78, 5) is 10.3. The molecule has 2 rings (SSSR count). The van der Waals surface area contributed by atoms with E-state index in [1.807, 2.05) is 0 Å². The van der Waals surface area contributed by atoms with Crippen molar-refractivity contribution in [3.63, 3.8) is 0 Å². The highest BCUT2D eigenvalue weighted by Gasteiger charge is 2.13. The summed E-state index contributed by atoms with van der Waals surface area (Å²) in [7, 11) is 0. The lowest BCUT2D eigenvalue weighted by atomic mass is 10.1. The molecule has 0 heterocycles. The Morgan fingerprint density at radius 2 is 1.90 bits per heavy atom. The van der Waals surface area contributed by atoms with Gasteiger partial charge in [0.2, 0.25) is 0 Å². The summed E-state index contributed by atoms with van der Waals surface area (Å²) < 4.78 is 26.9. The summed E-state index contributed by atoms with van der Waals surface area (Å²) in [5, 5.41) is 13.5. The third-order valence-corrected chi connectivity index (χ3v) is 3.28. The molecule has 2 aromatic rings. The van der Waals surface area contributed by atoms with Crippen LogP contribution in [0.5, 0.6) is 0 Å². The molecular weight excluding hydrogens is 334 g/mol. The zero-order valence-electron chi connectivity index (χ0n) is 10.1. The number of nitrogens with one attached hydrogen (secondary N) is 1. The lowest BCUT2D eigenvalue weighted by Crippen LogP contribution is -2.05. The van der Waals surface area contributed by atoms with Crippen LogP contribution < -0.4 is 5.32 Å². The van der Waals surface area contributed by atoms with E-state index < -0.39 is 16.6 Å². The summed E-state index contributed by atoms with van der Waals surface area (Å²) in [6.45, 7) is 0.0230. The van der Waals surface area contributed by atoms with Crippen molar-refractivity contribution in [2.75, 3.05) is 5.32 Å². The van der Waals surface area contributed by atoms with E-state index in [-0.39, 0.29) is 22.4 Å². The van der Waals surface area contributed by atoms with Crippen LogP contribution in [0.1, 0.15) is 5.56 Å². The topological polar surface area (TPSA) is 55.2 Å². The number of nitro groups is 1. The smallest absolute Gasteiger partial charge is 0.274 e. The molecule has 0 amide bonds. The summed E-state index contributed by atoms with van der Waals surface area (Å²) in [5.41, 5.74) is 0.266. The molecule has 0 aliphatic heterocycles. The van der Waals surface area contributed by atoms with Gasteiger partial charge in [0.05, 0.1) is 15.1 Å². The molecule has 0 saturated carbocycles. The van der Waals surface area contributed by atoms with E-state index in [0.717, 1.165) is 12.1 Å². The normalized spacial score (nSPS) is 10.3. The van der Waals surface area contributed by atoms with Gasteiger partial charge in [0, 0.05) is 24.2 Å². The lowest BCUT2D eigenvalue weighted by molar-refractivity contribution is -0.385. The third kappa shape index (κ3) is 3.11. The molecule has 0 aromatic heterocycles. The lowest BCUT2D eigenvalue weighted by Gasteiger charge is -2.09. The van der Waals surface area contributed by atoms with Crippen molar-refractivity contribution in [3.05, 3.63) is 68.2 Å². The van der Waals surface area contributed by atoms with Crippen molar-refractivity contribution < 1.29 is 13.7 Å². The maximum atomic E-state index is 13.6. The van der Waals surface area contributed by atoms with E-state index in [1.54, 1.807) is 18.2 Å². The van der Waals surface area contributed by atoms with Crippen LogP contribution in [-0.4, -0.2) is 4.92 Å². The number of nitrogens with zero attached hydrogens (tertiary/aromatic N) is 1. The maximum Gasteiger partial charge on any atom is 0.274 e. The summed E-state index contributed by atoms with van der Waals surface area (Å²) >= 11 is 2.87. The van der Waals surface area contributed by atoms with Gasteiger partial charge in [-0.3, -0.25) is 10.1 Å². The zero-order chi connectivity index (χ0) is 14.7. The van der Waals surface area contributed by atoms with E-state index in [9.17, 15) is 18.9 Å². The van der Waals surface area contributed by atoms with Gasteiger partial charge < -0.3 is 5.32 Å². The predicted molar refractivity (Wildman–Crippen MR) is 74.5 cm³/mol. The van der Waals surface area contributed by atoms with Crippen LogP contribution in [0.4, 0.5) is 20.2 Å². The highest BCUT2D eigenvalue weighted by atomic mass is 79.9. The average molecular weight is 343 g/mol. The fraction of sp³-hybridized carbons (Fsp3) is 0.0769. The molecule has 4 nitrogen and oxygen atoms in total. The van der Waals surface area contributed by atoms with Gasteiger partial charge in [-0.1, -0.05) is 18.2 Å². The molecule has 0 atom stereocenters. The van der Waals surface area contributed by atoms with Crippen molar-refractivity contribution in [3.8, 4) is 0 Å². The second-order valence-electron chi connectivity index (χ2n) is 3.99. The number of halogens is 3. The number of hydrogen-bond donors (Lipinski definition) is 1. The summed E-state index contributed by atoms with van der Waals surface area (Å²) in [6, 6.07) is 8.09. The molecule has 0 radical (unpaired) electrons. The summed E-state index contributed by atoms with van der Waals surface area (Å²) in [5.74, 6) is -1.26. The minimum atomic E-state index is -0.642. The standard InChI is InChI=1S/C13H9BrF2N2O2/c14-9-5-11(16)12(6-10(9)15)17-7-8-3-1-2-4-13(8)18(19)20/h1-6,17H,7H2. The van der Waals surface area contributed by atoms with Gasteiger partial charge in [0.25, 0.3) is 5.69 Å². The first-order chi connectivity index (χ1) is 9.49. The highest BCUT2D eigenvalue weighted by molar-refractivity contribution is 9.10. The maximum absolute atomic E-state index is 13.6. The molecular formula is C13H9BrF2N2O2. The van der Waals surface area contributed by atoms with Crippen LogP contribution in [-0.2, 0) is 6.54 Å². The SMILES string of the molecule is O=[N+]([O-])c1ccccc1CNc1cc(F)c(Br)cc1F. The number of hydrogen-bond acceptors (Lipinski definition) is 3. The van der Waals surface area contributed by atoms with E-state index >= 15 is 0 Å². The monoisotopic (exact) mass is 342 g/mol. The van der Waals surface area contributed by atoms with Crippen LogP contribution in [0.25, 0.3) is 0 Å². The molecule has 0 spiro atoms. The first kappa shape index (κ1) is 14.4. The zero-order valence-corrected chi connectivity index (χ0v) is 11.7. The molecule has 104 valence electrons. The minimum Gasteiger partial charge on any atom is -0.378 e. The Balaban J connectivity index is 2.21. The molecule has 20 heavy (non-hydrogen) atoms. The first-order valence-electron chi connectivity index (χ1n) is 5.59. The second kappa shape index (κ2) is 5.96. The number of anilines is 1. The van der Waals surface area contributed by atoms with Crippen molar-refractivity contribution >= 4 is 27.3 Å². The quantitative estimate of drug-likeness (QED) is 0.513.